The quantitative estimate of drug-likeness (QED) is 0.851. The second-order valence-corrected chi connectivity index (χ2v) is 7.30. The molecule has 7 heteroatoms. The van der Waals surface area contributed by atoms with E-state index in [2.05, 4.69) is 10.00 Å². The number of aryl methyl sites for hydroxylation is 1. The molecular weight excluding hydrogens is 299 g/mol. The van der Waals surface area contributed by atoms with E-state index < -0.39 is 11.8 Å². The fourth-order valence-electron chi connectivity index (χ4n) is 2.82. The van der Waals surface area contributed by atoms with Crippen LogP contribution in [0.3, 0.4) is 0 Å². The Morgan fingerprint density at radius 3 is 2.78 bits per heavy atom. The van der Waals surface area contributed by atoms with E-state index in [1.54, 1.807) is 17.9 Å². The number of nitrogens with zero attached hydrogens (tertiary/aromatic N) is 4. The van der Waals surface area contributed by atoms with Gasteiger partial charge in [0.05, 0.1) is 6.20 Å². The van der Waals surface area contributed by atoms with Gasteiger partial charge in [-0.05, 0) is 27.2 Å². The summed E-state index contributed by atoms with van der Waals surface area (Å²) in [5.41, 5.74) is 0.519. The lowest BCUT2D eigenvalue weighted by molar-refractivity contribution is 0.0256. The lowest BCUT2D eigenvalue weighted by Crippen LogP contribution is -2.42. The fraction of sp³-hybridized carbons (Fsp3) is 0.750. The number of aromatic nitrogens is 2. The van der Waals surface area contributed by atoms with Crippen molar-refractivity contribution in [1.82, 2.24) is 19.6 Å². The summed E-state index contributed by atoms with van der Waals surface area (Å²) in [5, 5.41) is 4.14. The van der Waals surface area contributed by atoms with E-state index in [4.69, 9.17) is 4.74 Å². The van der Waals surface area contributed by atoms with Crippen molar-refractivity contribution < 1.29 is 13.9 Å². The van der Waals surface area contributed by atoms with Crippen molar-refractivity contribution in [3.63, 3.8) is 0 Å². The van der Waals surface area contributed by atoms with Gasteiger partial charge in [-0.3, -0.25) is 9.58 Å². The molecule has 2 heterocycles. The lowest BCUT2D eigenvalue weighted by Gasteiger charge is -2.29. The van der Waals surface area contributed by atoms with Gasteiger partial charge in [-0.1, -0.05) is 0 Å². The Balaban J connectivity index is 1.95. The van der Waals surface area contributed by atoms with Crippen LogP contribution in [-0.4, -0.2) is 63.6 Å². The molecule has 0 N–H and O–H groups in total. The molecule has 2 atom stereocenters. The first-order valence-electron chi connectivity index (χ1n) is 7.94. The summed E-state index contributed by atoms with van der Waals surface area (Å²) < 4.78 is 20.9. The Hall–Kier alpha value is -1.63. The summed E-state index contributed by atoms with van der Waals surface area (Å²) in [6, 6.07) is -0.0114. The van der Waals surface area contributed by atoms with Gasteiger partial charge in [0.15, 0.2) is 0 Å². The molecule has 0 aliphatic carbocycles. The first-order chi connectivity index (χ1) is 10.6. The minimum Gasteiger partial charge on any atom is -0.444 e. The van der Waals surface area contributed by atoms with Crippen molar-refractivity contribution >= 4 is 6.09 Å². The van der Waals surface area contributed by atoms with Crippen LogP contribution in [0.15, 0.2) is 12.4 Å². The third kappa shape index (κ3) is 5.20. The molecule has 2 rings (SSSR count). The number of carbonyl (C=O) groups is 1. The molecule has 0 aromatic carbocycles. The van der Waals surface area contributed by atoms with E-state index in [1.807, 2.05) is 34.0 Å². The first kappa shape index (κ1) is 17.7. The number of carbonyl (C=O) groups excluding carboxylic acids is 1. The molecule has 0 spiro atoms. The molecule has 1 aromatic rings. The summed E-state index contributed by atoms with van der Waals surface area (Å²) in [4.78, 5) is 15.7. The average molecular weight is 326 g/mol. The van der Waals surface area contributed by atoms with Crippen LogP contribution < -0.4 is 0 Å². The van der Waals surface area contributed by atoms with Crippen LogP contribution in [-0.2, 0) is 18.3 Å². The van der Waals surface area contributed by atoms with Gasteiger partial charge in [0, 0.05) is 51.5 Å². The molecule has 1 saturated heterocycles. The molecule has 6 nitrogen and oxygen atoms in total. The van der Waals surface area contributed by atoms with E-state index in [1.165, 1.54) is 4.90 Å². The van der Waals surface area contributed by atoms with Crippen LogP contribution in [0.2, 0.25) is 0 Å². The van der Waals surface area contributed by atoms with Gasteiger partial charge in [-0.25, -0.2) is 9.18 Å². The normalized spacial score (nSPS) is 22.3. The molecule has 0 radical (unpaired) electrons. The molecule has 23 heavy (non-hydrogen) atoms. The summed E-state index contributed by atoms with van der Waals surface area (Å²) in [5.74, 6) is 0. The van der Waals surface area contributed by atoms with E-state index in [0.717, 1.165) is 5.56 Å². The molecule has 1 aliphatic rings. The van der Waals surface area contributed by atoms with E-state index in [0.29, 0.717) is 26.1 Å². The predicted molar refractivity (Wildman–Crippen MR) is 85.8 cm³/mol. The van der Waals surface area contributed by atoms with Crippen molar-refractivity contribution in [3.05, 3.63) is 18.0 Å². The highest BCUT2D eigenvalue weighted by Crippen LogP contribution is 2.23. The van der Waals surface area contributed by atoms with Gasteiger partial charge >= 0.3 is 6.09 Å². The first-order valence-corrected chi connectivity index (χ1v) is 7.94. The predicted octanol–water partition coefficient (Wildman–Crippen LogP) is 2.20. The Morgan fingerprint density at radius 1 is 1.52 bits per heavy atom. The number of halogens is 1. The molecule has 1 aromatic heterocycles. The number of likely N-dealkylation sites (N-methyl/N-ethyl adjacent to an activating group) is 1. The number of alkyl halides is 1. The van der Waals surface area contributed by atoms with Gasteiger partial charge in [-0.2, -0.15) is 5.10 Å². The van der Waals surface area contributed by atoms with Gasteiger partial charge in [0.2, 0.25) is 0 Å². The maximum atomic E-state index is 13.9. The lowest BCUT2D eigenvalue weighted by atomic mass is 10.2. The van der Waals surface area contributed by atoms with Crippen LogP contribution in [0.5, 0.6) is 0 Å². The van der Waals surface area contributed by atoms with Gasteiger partial charge in [0.25, 0.3) is 0 Å². The Labute approximate surface area is 137 Å². The fourth-order valence-corrected chi connectivity index (χ4v) is 2.82. The van der Waals surface area contributed by atoms with Crippen LogP contribution in [0, 0.1) is 0 Å². The van der Waals surface area contributed by atoms with Crippen molar-refractivity contribution in [2.24, 2.45) is 7.05 Å². The zero-order chi connectivity index (χ0) is 17.2. The third-order valence-electron chi connectivity index (χ3n) is 3.81. The highest BCUT2D eigenvalue weighted by Gasteiger charge is 2.34. The second kappa shape index (κ2) is 6.86. The minimum atomic E-state index is -0.858. The smallest absolute Gasteiger partial charge is 0.410 e. The summed E-state index contributed by atoms with van der Waals surface area (Å²) >= 11 is 0. The average Bonchev–Trinajstić information content (AvgIpc) is 2.94. The zero-order valence-electron chi connectivity index (χ0n) is 14.6. The van der Waals surface area contributed by atoms with Crippen LogP contribution in [0.1, 0.15) is 32.8 Å². The zero-order valence-corrected chi connectivity index (χ0v) is 14.6. The molecule has 130 valence electrons. The summed E-state index contributed by atoms with van der Waals surface area (Å²) in [7, 11) is 3.56. The molecule has 1 amide bonds. The standard InChI is InChI=1S/C16H27FN4O2/c1-16(2,3)23-15(22)19(4)11-14-6-13(17)10-21(14)9-12-7-18-20(5)8-12/h7-8,13-14H,6,9-11H2,1-5H3/t13-,14-/m0/s1. The molecule has 1 fully saturated rings. The van der Waals surface area contributed by atoms with Crippen molar-refractivity contribution in [1.29, 1.82) is 0 Å². The minimum absolute atomic E-state index is 0.0114. The van der Waals surface area contributed by atoms with Crippen molar-refractivity contribution in [3.8, 4) is 0 Å². The topological polar surface area (TPSA) is 50.6 Å². The molecule has 1 aliphatic heterocycles. The van der Waals surface area contributed by atoms with Gasteiger partial charge in [-0.15, -0.1) is 0 Å². The van der Waals surface area contributed by atoms with E-state index in [-0.39, 0.29) is 12.1 Å². The second-order valence-electron chi connectivity index (χ2n) is 7.30. The largest absolute Gasteiger partial charge is 0.444 e. The van der Waals surface area contributed by atoms with Gasteiger partial charge in [0.1, 0.15) is 11.8 Å². The van der Waals surface area contributed by atoms with Crippen LogP contribution in [0.4, 0.5) is 9.18 Å². The number of rotatable bonds is 4. The van der Waals surface area contributed by atoms with Crippen molar-refractivity contribution in [2.45, 2.75) is 51.6 Å². The molecule has 0 bridgehead atoms. The Bertz CT molecular complexity index is 540. The number of likely N-dealkylation sites (tertiary alicyclic amines) is 1. The molecule has 0 saturated carbocycles. The van der Waals surface area contributed by atoms with Crippen molar-refractivity contribution in [2.75, 3.05) is 20.1 Å². The van der Waals surface area contributed by atoms with Gasteiger partial charge < -0.3 is 9.64 Å². The van der Waals surface area contributed by atoms with Crippen LogP contribution in [0.25, 0.3) is 0 Å². The number of hydrogen-bond donors (Lipinski definition) is 0. The van der Waals surface area contributed by atoms with E-state index in [9.17, 15) is 9.18 Å². The summed E-state index contributed by atoms with van der Waals surface area (Å²) in [6.45, 7) is 6.99. The number of amides is 1. The number of ether oxygens (including phenoxy) is 1. The Morgan fingerprint density at radius 2 is 2.22 bits per heavy atom. The monoisotopic (exact) mass is 326 g/mol. The molecular formula is C16H27FN4O2. The van der Waals surface area contributed by atoms with E-state index >= 15 is 0 Å². The SMILES string of the molecule is CN(C[C@@H]1C[C@H](F)CN1Cc1cnn(C)c1)C(=O)OC(C)(C)C. The number of hydrogen-bond acceptors (Lipinski definition) is 4. The Kier molecular flexibility index (Phi) is 5.29. The molecule has 0 unspecified atom stereocenters. The van der Waals surface area contributed by atoms with Crippen LogP contribution >= 0.6 is 0 Å². The maximum Gasteiger partial charge on any atom is 0.410 e. The maximum absolute atomic E-state index is 13.9. The highest BCUT2D eigenvalue weighted by molar-refractivity contribution is 5.67. The third-order valence-corrected chi connectivity index (χ3v) is 3.81. The highest BCUT2D eigenvalue weighted by atomic mass is 19.1. The summed E-state index contributed by atoms with van der Waals surface area (Å²) in [6.07, 6.45) is 2.93.